The van der Waals surface area contributed by atoms with E-state index in [4.69, 9.17) is 9.47 Å². The summed E-state index contributed by atoms with van der Waals surface area (Å²) in [6.07, 6.45) is 1.25. The van der Waals surface area contributed by atoms with Crippen molar-refractivity contribution in [2.75, 3.05) is 26.1 Å². The summed E-state index contributed by atoms with van der Waals surface area (Å²) in [5.41, 5.74) is 7.05. The minimum Gasteiger partial charge on any atom is -0.495 e. The molecule has 156 valence electrons. The average Bonchev–Trinajstić information content (AvgIpc) is 3.06. The molecule has 0 radical (unpaired) electrons. The number of hydrogen-bond acceptors (Lipinski definition) is 6. The number of ether oxygens (including phenoxy) is 2. The van der Waals surface area contributed by atoms with Crippen molar-refractivity contribution in [2.45, 2.75) is 26.7 Å². The van der Waals surface area contributed by atoms with Crippen LogP contribution in [0.2, 0.25) is 0 Å². The number of benzene rings is 1. The molecule has 0 unspecified atom stereocenters. The Morgan fingerprint density at radius 1 is 1.10 bits per heavy atom. The van der Waals surface area contributed by atoms with Crippen molar-refractivity contribution in [2.24, 2.45) is 0 Å². The quantitative estimate of drug-likeness (QED) is 0.395. The molecular weight excluding hydrogens is 376 g/mol. The van der Waals surface area contributed by atoms with Gasteiger partial charge in [0.05, 0.1) is 32.0 Å². The lowest BCUT2D eigenvalue weighted by Crippen LogP contribution is -2.44. The van der Waals surface area contributed by atoms with E-state index in [9.17, 15) is 14.4 Å². The average molecular weight is 402 g/mol. The highest BCUT2D eigenvalue weighted by Gasteiger charge is 2.24. The number of rotatable bonds is 8. The van der Waals surface area contributed by atoms with Gasteiger partial charge in [0, 0.05) is 5.69 Å². The zero-order valence-corrected chi connectivity index (χ0v) is 17.0. The molecule has 0 bridgehead atoms. The highest BCUT2D eigenvalue weighted by Crippen LogP contribution is 2.23. The zero-order chi connectivity index (χ0) is 21.4. The molecule has 0 aliphatic rings. The number of aromatic nitrogens is 1. The number of H-pyrrole nitrogens is 1. The van der Waals surface area contributed by atoms with Crippen LogP contribution in [-0.4, -0.2) is 43.5 Å². The van der Waals surface area contributed by atoms with Crippen LogP contribution in [0.3, 0.4) is 0 Å². The highest BCUT2D eigenvalue weighted by atomic mass is 16.5. The topological polar surface area (TPSA) is 122 Å². The summed E-state index contributed by atoms with van der Waals surface area (Å²) in [7, 11) is 2.83. The second-order valence-electron chi connectivity index (χ2n) is 6.28. The monoisotopic (exact) mass is 402 g/mol. The molecule has 0 saturated carbocycles. The Kier molecular flexibility index (Phi) is 7.64. The number of aromatic amines is 1. The van der Waals surface area contributed by atoms with E-state index >= 15 is 0 Å². The Morgan fingerprint density at radius 2 is 1.83 bits per heavy atom. The van der Waals surface area contributed by atoms with Crippen molar-refractivity contribution in [1.29, 1.82) is 0 Å². The predicted octanol–water partition coefficient (Wildman–Crippen LogP) is 1.94. The third-order valence-corrected chi connectivity index (χ3v) is 4.27. The van der Waals surface area contributed by atoms with Crippen molar-refractivity contribution < 1.29 is 23.9 Å². The normalized spacial score (nSPS) is 10.2. The highest BCUT2D eigenvalue weighted by molar-refractivity contribution is 6.01. The number of nitrogens with one attached hydrogen (secondary N) is 4. The maximum absolute atomic E-state index is 12.5. The van der Waals surface area contributed by atoms with Gasteiger partial charge in [0.15, 0.2) is 0 Å². The van der Waals surface area contributed by atoms with Crippen LogP contribution in [0.15, 0.2) is 24.3 Å². The van der Waals surface area contributed by atoms with E-state index in [1.165, 1.54) is 14.2 Å². The SMILES string of the molecule is CCCc1c(C(=O)NNC(=O)CNc2ccccc2OC)[nH]c(C)c1C(=O)OC. The molecule has 0 fully saturated rings. The first-order chi connectivity index (χ1) is 13.9. The molecular formula is C20H26N4O5. The smallest absolute Gasteiger partial charge is 0.339 e. The summed E-state index contributed by atoms with van der Waals surface area (Å²) in [6.45, 7) is 3.56. The number of esters is 1. The third-order valence-electron chi connectivity index (χ3n) is 4.27. The fourth-order valence-electron chi connectivity index (χ4n) is 2.95. The number of anilines is 1. The Bertz CT molecular complexity index is 891. The molecule has 9 heteroatoms. The largest absolute Gasteiger partial charge is 0.495 e. The van der Waals surface area contributed by atoms with Gasteiger partial charge >= 0.3 is 5.97 Å². The van der Waals surface area contributed by atoms with E-state index in [0.717, 1.165) is 6.42 Å². The molecule has 0 spiro atoms. The molecule has 4 N–H and O–H groups in total. The van der Waals surface area contributed by atoms with Crippen molar-refractivity contribution in [3.63, 3.8) is 0 Å². The van der Waals surface area contributed by atoms with E-state index in [2.05, 4.69) is 21.2 Å². The van der Waals surface area contributed by atoms with Gasteiger partial charge in [-0.3, -0.25) is 20.4 Å². The number of carbonyl (C=O) groups is 3. The van der Waals surface area contributed by atoms with E-state index in [-0.39, 0.29) is 12.2 Å². The Balaban J connectivity index is 2.01. The van der Waals surface area contributed by atoms with Crippen LogP contribution in [0.25, 0.3) is 0 Å². The number of hydrazine groups is 1. The molecule has 29 heavy (non-hydrogen) atoms. The summed E-state index contributed by atoms with van der Waals surface area (Å²) in [4.78, 5) is 39.6. The van der Waals surface area contributed by atoms with Crippen LogP contribution in [0.4, 0.5) is 5.69 Å². The number of para-hydroxylation sites is 2. The van der Waals surface area contributed by atoms with Crippen LogP contribution in [-0.2, 0) is 16.0 Å². The van der Waals surface area contributed by atoms with Crippen molar-refractivity contribution >= 4 is 23.5 Å². The van der Waals surface area contributed by atoms with Gasteiger partial charge in [-0.1, -0.05) is 25.5 Å². The maximum Gasteiger partial charge on any atom is 0.339 e. The number of hydrogen-bond donors (Lipinski definition) is 4. The fourth-order valence-corrected chi connectivity index (χ4v) is 2.95. The van der Waals surface area contributed by atoms with E-state index < -0.39 is 17.8 Å². The maximum atomic E-state index is 12.5. The number of carbonyl (C=O) groups excluding carboxylic acids is 3. The van der Waals surface area contributed by atoms with Gasteiger partial charge in [-0.25, -0.2) is 4.79 Å². The number of amides is 2. The lowest BCUT2D eigenvalue weighted by molar-refractivity contribution is -0.120. The molecule has 0 aliphatic heterocycles. The van der Waals surface area contributed by atoms with Crippen LogP contribution in [0, 0.1) is 6.92 Å². The minimum absolute atomic E-state index is 0.0698. The first-order valence-electron chi connectivity index (χ1n) is 9.18. The number of aryl methyl sites for hydroxylation is 1. The Hall–Kier alpha value is -3.49. The first-order valence-corrected chi connectivity index (χ1v) is 9.18. The van der Waals surface area contributed by atoms with Crippen molar-refractivity contribution in [3.05, 3.63) is 46.8 Å². The van der Waals surface area contributed by atoms with Gasteiger partial charge in [-0.15, -0.1) is 0 Å². The fraction of sp³-hybridized carbons (Fsp3) is 0.350. The summed E-state index contributed by atoms with van der Waals surface area (Å²) < 4.78 is 10.0. The van der Waals surface area contributed by atoms with E-state index in [1.807, 2.05) is 19.1 Å². The molecule has 0 aliphatic carbocycles. The van der Waals surface area contributed by atoms with Crippen LogP contribution in [0.1, 0.15) is 45.4 Å². The molecule has 2 amide bonds. The lowest BCUT2D eigenvalue weighted by Gasteiger charge is -2.12. The van der Waals surface area contributed by atoms with Gasteiger partial charge in [0.1, 0.15) is 11.4 Å². The van der Waals surface area contributed by atoms with Crippen molar-refractivity contribution in [3.8, 4) is 5.75 Å². The molecule has 1 aromatic carbocycles. The second kappa shape index (κ2) is 10.2. The molecule has 2 rings (SSSR count). The lowest BCUT2D eigenvalue weighted by atomic mass is 10.0. The van der Waals surface area contributed by atoms with Crippen LogP contribution < -0.4 is 20.9 Å². The number of methoxy groups -OCH3 is 2. The molecule has 1 aromatic heterocycles. The summed E-state index contributed by atoms with van der Waals surface area (Å²) in [5, 5.41) is 2.94. The summed E-state index contributed by atoms with van der Waals surface area (Å²) in [5.74, 6) is -0.896. The molecule has 2 aromatic rings. The van der Waals surface area contributed by atoms with Crippen LogP contribution >= 0.6 is 0 Å². The Labute approximate surface area is 169 Å². The standard InChI is InChI=1S/C20H26N4O5/c1-5-8-13-17(20(27)29-4)12(2)22-18(13)19(26)24-23-16(25)11-21-14-9-6-7-10-15(14)28-3/h6-7,9-10,21-22H,5,8,11H2,1-4H3,(H,23,25)(H,24,26). The summed E-state index contributed by atoms with van der Waals surface area (Å²) >= 11 is 0. The van der Waals surface area contributed by atoms with Crippen LogP contribution in [0.5, 0.6) is 5.75 Å². The minimum atomic E-state index is -0.544. The van der Waals surface area contributed by atoms with Crippen molar-refractivity contribution in [1.82, 2.24) is 15.8 Å². The van der Waals surface area contributed by atoms with E-state index in [1.54, 1.807) is 19.1 Å². The zero-order valence-electron chi connectivity index (χ0n) is 17.0. The molecule has 9 nitrogen and oxygen atoms in total. The van der Waals surface area contributed by atoms with Gasteiger partial charge in [-0.05, 0) is 31.0 Å². The van der Waals surface area contributed by atoms with Gasteiger partial charge in [0.25, 0.3) is 11.8 Å². The first kappa shape index (κ1) is 21.8. The van der Waals surface area contributed by atoms with Gasteiger partial charge in [-0.2, -0.15) is 0 Å². The third kappa shape index (κ3) is 5.28. The molecule has 0 saturated heterocycles. The Morgan fingerprint density at radius 3 is 2.48 bits per heavy atom. The van der Waals surface area contributed by atoms with E-state index in [0.29, 0.717) is 34.7 Å². The van der Waals surface area contributed by atoms with Gasteiger partial charge < -0.3 is 19.8 Å². The summed E-state index contributed by atoms with van der Waals surface area (Å²) in [6, 6.07) is 7.17. The van der Waals surface area contributed by atoms with Gasteiger partial charge in [0.2, 0.25) is 0 Å². The second-order valence-corrected chi connectivity index (χ2v) is 6.28. The predicted molar refractivity (Wildman–Crippen MR) is 108 cm³/mol. The molecule has 1 heterocycles. The molecule has 0 atom stereocenters.